The number of hydrogen-bond donors (Lipinski definition) is 6. The number of likely N-dealkylation sites (tertiary alicyclic amines) is 2. The molecule has 3 amide bonds. The van der Waals surface area contributed by atoms with E-state index in [-0.39, 0.29) is 64.8 Å². The summed E-state index contributed by atoms with van der Waals surface area (Å²) >= 11 is 0. The van der Waals surface area contributed by atoms with Gasteiger partial charge in [-0.1, -0.05) is 88.8 Å². The van der Waals surface area contributed by atoms with E-state index in [4.69, 9.17) is 15.2 Å². The summed E-state index contributed by atoms with van der Waals surface area (Å²) in [6.07, 6.45) is 23.2. The molecule has 8 aliphatic carbocycles. The van der Waals surface area contributed by atoms with Crippen molar-refractivity contribution in [2.45, 2.75) is 263 Å². The number of carbonyl (C=O) groups excluding carboxylic acids is 3. The van der Waals surface area contributed by atoms with Gasteiger partial charge >= 0.3 is 12.1 Å². The van der Waals surface area contributed by atoms with Gasteiger partial charge < -0.3 is 41.4 Å². The normalized spacial score (nSPS) is 41.8. The Balaban J connectivity index is 0.000000184. The van der Waals surface area contributed by atoms with E-state index in [1.807, 2.05) is 5.32 Å². The van der Waals surface area contributed by atoms with Gasteiger partial charge in [0.1, 0.15) is 0 Å². The van der Waals surface area contributed by atoms with E-state index in [0.717, 1.165) is 134 Å². The second-order valence-electron chi connectivity index (χ2n) is 31.3. The molecule has 88 heavy (non-hydrogen) atoms. The molecule has 12 rings (SSSR count). The molecule has 16 heteroatoms. The lowest BCUT2D eigenvalue weighted by Gasteiger charge is -2.49. The second kappa shape index (κ2) is 26.7. The molecule has 0 radical (unpaired) electrons. The van der Waals surface area contributed by atoms with E-state index >= 15 is 0 Å². The first-order valence-electron chi connectivity index (χ1n) is 35.5. The average molecular weight is 1230 g/mol. The van der Waals surface area contributed by atoms with E-state index in [2.05, 4.69) is 88.0 Å². The molecule has 0 aromatic heterocycles. The molecule has 4 aliphatic heterocycles. The minimum atomic E-state index is -4.86. The first kappa shape index (κ1) is 66.3. The van der Waals surface area contributed by atoms with Crippen LogP contribution in [0.2, 0.25) is 0 Å². The lowest BCUT2D eigenvalue weighted by atomic mass is 9.56. The van der Waals surface area contributed by atoms with Gasteiger partial charge in [-0.3, -0.25) is 24.2 Å². The van der Waals surface area contributed by atoms with Crippen LogP contribution in [0.1, 0.15) is 209 Å². The van der Waals surface area contributed by atoms with Crippen molar-refractivity contribution in [3.8, 4) is 0 Å². The highest BCUT2D eigenvalue weighted by Crippen LogP contribution is 2.67. The number of unbranched alkanes of at least 4 members (excludes halogenated alkanes) is 4. The fourth-order valence-electron chi connectivity index (χ4n) is 21.8. The zero-order valence-electron chi connectivity index (χ0n) is 55.1. The molecule has 8 fully saturated rings. The number of allylic oxidation sites excluding steroid dienone is 4. The van der Waals surface area contributed by atoms with Crippen LogP contribution in [-0.2, 0) is 23.9 Å². The van der Waals surface area contributed by atoms with Crippen LogP contribution in [0.25, 0.3) is 0 Å². The third-order valence-electron chi connectivity index (χ3n) is 26.4. The van der Waals surface area contributed by atoms with Crippen molar-refractivity contribution in [1.29, 1.82) is 0 Å². The molecule has 13 nitrogen and oxygen atoms in total. The molecular weight excluding hydrogens is 1120 g/mol. The quantitative estimate of drug-likeness (QED) is 0.0607. The van der Waals surface area contributed by atoms with Gasteiger partial charge in [0.2, 0.25) is 11.8 Å². The number of carbonyl (C=O) groups is 3. The molecule has 0 aromatic rings. The van der Waals surface area contributed by atoms with Crippen LogP contribution in [0, 0.1) is 70.0 Å². The number of hydrogen-bond acceptors (Lipinski definition) is 10. The minimum absolute atomic E-state index is 0.0430. The van der Waals surface area contributed by atoms with Crippen molar-refractivity contribution in [3.63, 3.8) is 0 Å². The van der Waals surface area contributed by atoms with Crippen molar-refractivity contribution in [3.05, 3.63) is 45.6 Å². The molecular formula is C72H113F3N6O7. The average Bonchev–Trinajstić information content (AvgIpc) is 1.93. The third kappa shape index (κ3) is 12.6. The van der Waals surface area contributed by atoms with E-state index in [1.165, 1.54) is 43.3 Å². The van der Waals surface area contributed by atoms with E-state index in [9.17, 15) is 37.8 Å². The van der Waals surface area contributed by atoms with E-state index in [1.54, 1.807) is 22.3 Å². The Hall–Kier alpha value is -3.12. The summed E-state index contributed by atoms with van der Waals surface area (Å²) in [6.45, 7) is 25.1. The molecule has 20 atom stereocenters. The van der Waals surface area contributed by atoms with Crippen LogP contribution in [0.5, 0.6) is 0 Å². The number of aliphatic hydroxyl groups is 2. The Morgan fingerprint density at radius 3 is 1.49 bits per heavy atom. The van der Waals surface area contributed by atoms with Gasteiger partial charge in [0.15, 0.2) is 0 Å². The smallest absolute Gasteiger partial charge is 0.393 e. The number of nitrogens with one attached hydrogen (secondary N) is 3. The maximum absolute atomic E-state index is 12.5. The van der Waals surface area contributed by atoms with Gasteiger partial charge in [0, 0.05) is 82.6 Å². The molecule has 4 heterocycles. The third-order valence-corrected chi connectivity index (χ3v) is 26.4. The summed E-state index contributed by atoms with van der Waals surface area (Å²) in [5.74, 6) is 4.35. The molecule has 0 unspecified atom stereocenters. The largest absolute Gasteiger partial charge is 0.471 e. The predicted molar refractivity (Wildman–Crippen MR) is 338 cm³/mol. The van der Waals surface area contributed by atoms with Gasteiger partial charge in [-0.15, -0.1) is 0 Å². The SMILES string of the molecule is CC1=C2C[C@H]3[C@@H](CC=C4C[C@@H](O)CC[C@@]43C)[C@@H]2CC[C@]12O[C@@H]1C[C@H](C)CN(CCNC(=O)CCCCCN)[C@H]1[C@H]2C.CC1=C2C[C@H]3[C@@H](CC=C4C[C@@H](O)CC[C@@]43C)[C@@H]2CC[C@]12O[C@@H]1C[C@H](C)CN(CCNC(=O)CCCCCNC(=O)C(F)(F)F)[C@H]1[C@H]2C. The summed E-state index contributed by atoms with van der Waals surface area (Å²) in [4.78, 5) is 41.1. The molecule has 0 aromatic carbocycles. The number of piperidine rings is 2. The lowest BCUT2D eigenvalue weighted by Crippen LogP contribution is -2.54. The number of fused-ring (bicyclic) bond motifs is 12. The molecule has 7 N–H and O–H groups in total. The number of aliphatic hydroxyl groups excluding tert-OH is 2. The van der Waals surface area contributed by atoms with Crippen molar-refractivity contribution >= 4 is 17.7 Å². The summed E-state index contributed by atoms with van der Waals surface area (Å²) in [5.41, 5.74) is 15.2. The minimum Gasteiger partial charge on any atom is -0.393 e. The molecule has 494 valence electrons. The van der Waals surface area contributed by atoms with Gasteiger partial charge in [-0.25, -0.2) is 0 Å². The predicted octanol–water partition coefficient (Wildman–Crippen LogP) is 11.4. The molecule has 2 spiro atoms. The first-order chi connectivity index (χ1) is 41.9. The van der Waals surface area contributed by atoms with Crippen LogP contribution < -0.4 is 21.7 Å². The number of ether oxygens (including phenoxy) is 2. The number of halogens is 3. The van der Waals surface area contributed by atoms with Gasteiger partial charge in [-0.05, 0) is 218 Å². The van der Waals surface area contributed by atoms with Crippen LogP contribution in [0.4, 0.5) is 13.2 Å². The number of nitrogens with zero attached hydrogens (tertiary/aromatic N) is 2. The van der Waals surface area contributed by atoms with Crippen LogP contribution in [0.15, 0.2) is 45.6 Å². The van der Waals surface area contributed by atoms with E-state index < -0.39 is 12.1 Å². The maximum atomic E-state index is 12.5. The standard InChI is InChI=1S/C37H56F3N3O4.C35H57N3O3/c1-22-18-31-33(43(21-22)17-16-41-32(45)8-6-5-7-15-42-34(46)37(38,39)40)24(3)36(47-31)14-12-27-28-10-9-25-19-26(44)11-13-35(25,4)30(28)20-29(27)23(36)2;1-22-18-31-33(38(21-22)17-16-37-32(40)8-6-5-7-15-36)24(3)35(41-31)14-12-27-28-10-9-25-19-26(39)11-13-34(25,4)30(28)20-29(27)23(35)2/h9,22,24,26-28,30-31,33,44H,5-8,10-21H2,1-4H3,(H,41,45)(H,42,46);9,22,24,26-28,30-31,33,39H,5-8,10-21,36H2,1-4H3,(H,37,40)/t22-,24+,26-,27-,28-,30-,31+,33-,35-,36-;22-,24+,26-,27-,28-,30-,31+,33-,34-,35-/m00/s1. The Bertz CT molecular complexity index is 2680. The fraction of sp³-hybridized carbons (Fsp3) is 0.847. The van der Waals surface area contributed by atoms with Gasteiger partial charge in [0.05, 0.1) is 35.6 Å². The number of rotatable bonds is 17. The van der Waals surface area contributed by atoms with Crippen LogP contribution >= 0.6 is 0 Å². The highest BCUT2D eigenvalue weighted by Gasteiger charge is 2.64. The van der Waals surface area contributed by atoms with Crippen molar-refractivity contribution in [2.75, 3.05) is 52.4 Å². The highest BCUT2D eigenvalue weighted by atomic mass is 19.4. The Kier molecular flexibility index (Phi) is 20.1. The zero-order chi connectivity index (χ0) is 62.7. The van der Waals surface area contributed by atoms with Gasteiger partial charge in [-0.2, -0.15) is 13.2 Å². The summed E-state index contributed by atoms with van der Waals surface area (Å²) in [5, 5.41) is 28.9. The van der Waals surface area contributed by atoms with Gasteiger partial charge in [0.25, 0.3) is 0 Å². The molecule has 4 saturated carbocycles. The number of nitrogens with two attached hydrogens (primary N) is 1. The maximum Gasteiger partial charge on any atom is 0.471 e. The molecule has 4 saturated heterocycles. The Morgan fingerprint density at radius 2 is 1.06 bits per heavy atom. The van der Waals surface area contributed by atoms with Crippen molar-refractivity contribution < 1.29 is 47.2 Å². The Morgan fingerprint density at radius 1 is 0.614 bits per heavy atom. The first-order valence-corrected chi connectivity index (χ1v) is 35.5. The van der Waals surface area contributed by atoms with Crippen molar-refractivity contribution in [1.82, 2.24) is 25.8 Å². The lowest BCUT2D eigenvalue weighted by molar-refractivity contribution is -0.173. The molecule has 12 aliphatic rings. The number of alkyl halides is 3. The highest BCUT2D eigenvalue weighted by molar-refractivity contribution is 5.81. The second-order valence-corrected chi connectivity index (χ2v) is 31.3. The zero-order valence-corrected chi connectivity index (χ0v) is 55.1. The summed E-state index contributed by atoms with van der Waals surface area (Å²) in [6, 6.07) is 0.741. The fourth-order valence-corrected chi connectivity index (χ4v) is 21.8. The van der Waals surface area contributed by atoms with Crippen LogP contribution in [0.3, 0.4) is 0 Å². The van der Waals surface area contributed by atoms with Crippen molar-refractivity contribution in [2.24, 2.45) is 75.7 Å². The number of amides is 3. The summed E-state index contributed by atoms with van der Waals surface area (Å²) < 4.78 is 51.4. The molecule has 0 bridgehead atoms. The Labute approximate surface area is 525 Å². The van der Waals surface area contributed by atoms with E-state index in [0.29, 0.717) is 105 Å². The topological polar surface area (TPSA) is 179 Å². The monoisotopic (exact) mass is 1230 g/mol. The van der Waals surface area contributed by atoms with Crippen LogP contribution in [-0.4, -0.2) is 144 Å². The summed E-state index contributed by atoms with van der Waals surface area (Å²) in [7, 11) is 0.